The van der Waals surface area contributed by atoms with E-state index in [1.165, 1.54) is 0 Å². The number of guanidine groups is 1. The summed E-state index contributed by atoms with van der Waals surface area (Å²) in [5, 5.41) is 29.2. The van der Waals surface area contributed by atoms with Crippen molar-refractivity contribution < 1.29 is 34.2 Å². The van der Waals surface area contributed by atoms with Gasteiger partial charge in [-0.2, -0.15) is 0 Å². The lowest BCUT2D eigenvalue weighted by molar-refractivity contribution is -0.143. The molecule has 14 nitrogen and oxygen atoms in total. The Morgan fingerprint density at radius 2 is 1.63 bits per heavy atom. The number of carbonyl (C=O) groups is 5. The average molecular weight is 534 g/mol. The summed E-state index contributed by atoms with van der Waals surface area (Å²) in [6.07, 6.45) is 0.961. The van der Waals surface area contributed by atoms with E-state index in [1.54, 1.807) is 30.3 Å². The van der Waals surface area contributed by atoms with Crippen LogP contribution in [0, 0.1) is 0 Å². The summed E-state index contributed by atoms with van der Waals surface area (Å²) in [4.78, 5) is 65.7. The second-order valence-electron chi connectivity index (χ2n) is 8.91. The molecule has 1 saturated heterocycles. The Kier molecular flexibility index (Phi) is 12.0. The number of nitrogens with two attached hydrogens (primary N) is 2. The van der Waals surface area contributed by atoms with Gasteiger partial charge in [0.15, 0.2) is 5.96 Å². The zero-order valence-corrected chi connectivity index (χ0v) is 20.9. The lowest BCUT2D eigenvalue weighted by Gasteiger charge is -2.24. The molecular formula is C24H35N7O7. The molecule has 0 aliphatic carbocycles. The molecule has 1 aliphatic heterocycles. The van der Waals surface area contributed by atoms with E-state index < -0.39 is 60.2 Å². The van der Waals surface area contributed by atoms with Crippen molar-refractivity contribution in [2.75, 3.05) is 13.1 Å². The van der Waals surface area contributed by atoms with Crippen molar-refractivity contribution in [2.45, 2.75) is 62.7 Å². The number of hydrogen-bond donors (Lipinski definition) is 8. The monoisotopic (exact) mass is 533 g/mol. The van der Waals surface area contributed by atoms with Crippen LogP contribution in [0.2, 0.25) is 0 Å². The number of aliphatic carboxylic acids is 2. The maximum Gasteiger partial charge on any atom is 0.326 e. The first-order valence-electron chi connectivity index (χ1n) is 12.2. The third-order valence-corrected chi connectivity index (χ3v) is 5.86. The van der Waals surface area contributed by atoms with Crippen LogP contribution in [0.15, 0.2) is 35.3 Å². The van der Waals surface area contributed by atoms with Crippen molar-refractivity contribution in [3.05, 3.63) is 35.9 Å². The summed E-state index contributed by atoms with van der Waals surface area (Å²) in [6, 6.07) is 4.03. The molecule has 0 bridgehead atoms. The maximum atomic E-state index is 13.1. The number of benzene rings is 1. The first-order valence-corrected chi connectivity index (χ1v) is 12.2. The van der Waals surface area contributed by atoms with Crippen LogP contribution in [0.5, 0.6) is 0 Å². The average Bonchev–Trinajstić information content (AvgIpc) is 3.40. The van der Waals surface area contributed by atoms with Gasteiger partial charge in [-0.05, 0) is 37.8 Å². The molecule has 0 spiro atoms. The van der Waals surface area contributed by atoms with E-state index >= 15 is 0 Å². The van der Waals surface area contributed by atoms with Crippen molar-refractivity contribution in [1.29, 1.82) is 0 Å². The van der Waals surface area contributed by atoms with Gasteiger partial charge in [0.05, 0.1) is 12.5 Å². The summed E-state index contributed by atoms with van der Waals surface area (Å²) in [7, 11) is 0. The standard InChI is InChI=1S/C24H35N7O7/c25-24(26)28-11-5-9-16(29-20(34)15-8-4-10-27-15)21(35)30-17(13-19(32)33)22(36)31-18(23(37)38)12-14-6-2-1-3-7-14/h1-3,6-7,15-18,27H,4-5,8-13H2,(H,29,34)(H,30,35)(H,31,36)(H,32,33)(H,37,38)(H4,25,26,28). The first-order chi connectivity index (χ1) is 18.1. The van der Waals surface area contributed by atoms with Crippen molar-refractivity contribution in [3.8, 4) is 0 Å². The number of aliphatic imine (C=N–C) groups is 1. The maximum absolute atomic E-state index is 13.1. The minimum Gasteiger partial charge on any atom is -0.481 e. The molecule has 1 aromatic rings. The molecule has 38 heavy (non-hydrogen) atoms. The lowest BCUT2D eigenvalue weighted by Crippen LogP contribution is -2.57. The van der Waals surface area contributed by atoms with E-state index in [0.29, 0.717) is 24.9 Å². The fraction of sp³-hybridized carbons (Fsp3) is 0.500. The van der Waals surface area contributed by atoms with E-state index in [0.717, 1.165) is 6.42 Å². The number of rotatable bonds is 15. The highest BCUT2D eigenvalue weighted by Gasteiger charge is 2.32. The van der Waals surface area contributed by atoms with Crippen LogP contribution in [-0.2, 0) is 30.4 Å². The van der Waals surface area contributed by atoms with Gasteiger partial charge in [-0.15, -0.1) is 0 Å². The van der Waals surface area contributed by atoms with Crippen LogP contribution in [0.25, 0.3) is 0 Å². The van der Waals surface area contributed by atoms with Crippen molar-refractivity contribution in [3.63, 3.8) is 0 Å². The van der Waals surface area contributed by atoms with Crippen LogP contribution in [0.3, 0.4) is 0 Å². The fourth-order valence-corrected chi connectivity index (χ4v) is 3.93. The number of nitrogens with one attached hydrogen (secondary N) is 4. The third kappa shape index (κ3) is 10.4. The first kappa shape index (κ1) is 30.0. The number of amides is 3. The minimum atomic E-state index is -1.58. The van der Waals surface area contributed by atoms with Crippen molar-refractivity contribution in [1.82, 2.24) is 21.3 Å². The molecule has 1 heterocycles. The Morgan fingerprint density at radius 3 is 2.21 bits per heavy atom. The highest BCUT2D eigenvalue weighted by atomic mass is 16.4. The minimum absolute atomic E-state index is 0.0481. The summed E-state index contributed by atoms with van der Waals surface area (Å²) < 4.78 is 0. The molecule has 1 fully saturated rings. The van der Waals surface area contributed by atoms with Crippen LogP contribution in [0.4, 0.5) is 0 Å². The molecule has 0 saturated carbocycles. The Hall–Kier alpha value is -4.20. The summed E-state index contributed by atoms with van der Waals surface area (Å²) in [5.41, 5.74) is 11.3. The third-order valence-electron chi connectivity index (χ3n) is 5.86. The molecule has 1 aliphatic rings. The SMILES string of the molecule is NC(N)=NCCCC(NC(=O)C1CCCN1)C(=O)NC(CC(=O)O)C(=O)NC(Cc1ccccc1)C(=O)O. The normalized spacial score (nSPS) is 16.9. The van der Waals surface area contributed by atoms with Crippen molar-refractivity contribution >= 4 is 35.6 Å². The molecule has 4 unspecified atom stereocenters. The van der Waals surface area contributed by atoms with Gasteiger partial charge in [-0.1, -0.05) is 30.3 Å². The van der Waals surface area contributed by atoms with Crippen LogP contribution in [-0.4, -0.2) is 83.1 Å². The van der Waals surface area contributed by atoms with Crippen LogP contribution in [0.1, 0.15) is 37.7 Å². The number of nitrogens with zero attached hydrogens (tertiary/aromatic N) is 1. The number of carboxylic acids is 2. The van der Waals surface area contributed by atoms with E-state index in [1.807, 2.05) is 0 Å². The predicted octanol–water partition coefficient (Wildman–Crippen LogP) is -1.95. The van der Waals surface area contributed by atoms with Gasteiger partial charge >= 0.3 is 11.9 Å². The van der Waals surface area contributed by atoms with Gasteiger partial charge < -0.3 is 42.9 Å². The summed E-state index contributed by atoms with van der Waals surface area (Å²) >= 11 is 0. The van der Waals surface area contributed by atoms with E-state index in [2.05, 4.69) is 26.3 Å². The Bertz CT molecular complexity index is 1010. The Morgan fingerprint density at radius 1 is 0.974 bits per heavy atom. The highest BCUT2D eigenvalue weighted by Crippen LogP contribution is 2.08. The topological polar surface area (TPSA) is 238 Å². The smallest absolute Gasteiger partial charge is 0.326 e. The molecule has 4 atom stereocenters. The molecule has 3 amide bonds. The van der Waals surface area contributed by atoms with Gasteiger partial charge in [0.25, 0.3) is 0 Å². The molecule has 0 radical (unpaired) electrons. The fourth-order valence-electron chi connectivity index (χ4n) is 3.93. The summed E-state index contributed by atoms with van der Waals surface area (Å²) in [5.74, 6) is -5.02. The predicted molar refractivity (Wildman–Crippen MR) is 137 cm³/mol. The van der Waals surface area contributed by atoms with Gasteiger partial charge in [-0.25, -0.2) is 4.79 Å². The second-order valence-corrected chi connectivity index (χ2v) is 8.91. The Balaban J connectivity index is 2.13. The van der Waals surface area contributed by atoms with Gasteiger partial charge in [0, 0.05) is 13.0 Å². The highest BCUT2D eigenvalue weighted by molar-refractivity contribution is 5.95. The molecule has 2 rings (SSSR count). The van der Waals surface area contributed by atoms with Gasteiger partial charge in [0.1, 0.15) is 18.1 Å². The number of carboxylic acid groups (broad SMARTS) is 2. The zero-order chi connectivity index (χ0) is 28.1. The molecule has 0 aromatic heterocycles. The largest absolute Gasteiger partial charge is 0.481 e. The van der Waals surface area contributed by atoms with Crippen LogP contribution >= 0.6 is 0 Å². The molecule has 10 N–H and O–H groups in total. The van der Waals surface area contributed by atoms with Crippen molar-refractivity contribution in [2.24, 2.45) is 16.5 Å². The van der Waals surface area contributed by atoms with E-state index in [9.17, 15) is 34.2 Å². The van der Waals surface area contributed by atoms with Gasteiger partial charge in [0.2, 0.25) is 17.7 Å². The lowest BCUT2D eigenvalue weighted by atomic mass is 10.0. The molecule has 1 aromatic carbocycles. The molecule has 14 heteroatoms. The van der Waals surface area contributed by atoms with Gasteiger partial charge in [-0.3, -0.25) is 24.2 Å². The second kappa shape index (κ2) is 15.1. The molecular weight excluding hydrogens is 498 g/mol. The number of hydrogen-bond acceptors (Lipinski definition) is 7. The Labute approximate surface area is 219 Å². The van der Waals surface area contributed by atoms with Crippen LogP contribution < -0.4 is 32.7 Å². The zero-order valence-electron chi connectivity index (χ0n) is 20.9. The quantitative estimate of drug-likeness (QED) is 0.0704. The summed E-state index contributed by atoms with van der Waals surface area (Å²) in [6.45, 7) is 0.844. The van der Waals surface area contributed by atoms with E-state index in [-0.39, 0.29) is 25.3 Å². The molecule has 208 valence electrons. The van der Waals surface area contributed by atoms with E-state index in [4.69, 9.17) is 11.5 Å². The number of carbonyl (C=O) groups excluding carboxylic acids is 3.